The number of hydrogen-bond acceptors (Lipinski definition) is 4. The number of carboxylic acids is 1. The minimum atomic E-state index is -1.09. The molecule has 0 unspecified atom stereocenters. The number of aromatic carboxylic acids is 1. The van der Waals surface area contributed by atoms with E-state index in [0.29, 0.717) is 5.69 Å². The Morgan fingerprint density at radius 3 is 2.65 bits per heavy atom. The summed E-state index contributed by atoms with van der Waals surface area (Å²) in [5, 5.41) is 17.3. The molecule has 1 N–H and O–H groups in total. The molecule has 0 atom stereocenters. The van der Waals surface area contributed by atoms with Gasteiger partial charge in [-0.25, -0.2) is 9.48 Å². The van der Waals surface area contributed by atoms with Crippen LogP contribution in [0.3, 0.4) is 0 Å². The maximum atomic E-state index is 11.5. The first kappa shape index (κ1) is 13.6. The van der Waals surface area contributed by atoms with Gasteiger partial charge in [-0.1, -0.05) is 11.3 Å². The number of fused-ring (bicyclic) bond motifs is 1. The Bertz CT molecular complexity index is 887. The summed E-state index contributed by atoms with van der Waals surface area (Å²) in [4.78, 5) is 15.5. The van der Waals surface area contributed by atoms with Crippen molar-refractivity contribution in [3.63, 3.8) is 0 Å². The van der Waals surface area contributed by atoms with Gasteiger partial charge in [0.25, 0.3) is 0 Å². The number of carbonyl (C=O) groups is 1. The van der Waals surface area contributed by atoms with E-state index in [1.807, 2.05) is 6.07 Å². The summed E-state index contributed by atoms with van der Waals surface area (Å²) in [7, 11) is 0. The molecule has 3 aromatic rings. The quantitative estimate of drug-likeness (QED) is 0.804. The van der Waals surface area contributed by atoms with Crippen LogP contribution in [0.25, 0.3) is 16.9 Å². The molecule has 4 rings (SSSR count). The van der Waals surface area contributed by atoms with Gasteiger partial charge in [0.05, 0.1) is 5.69 Å². The predicted octanol–water partition coefficient (Wildman–Crippen LogP) is 2.52. The molecule has 0 radical (unpaired) electrons. The van der Waals surface area contributed by atoms with Crippen LogP contribution < -0.4 is 0 Å². The number of aromatic nitrogens is 4. The second-order valence-electron chi connectivity index (χ2n) is 5.55. The van der Waals surface area contributed by atoms with E-state index in [9.17, 15) is 9.90 Å². The van der Waals surface area contributed by atoms with Crippen LogP contribution in [0.15, 0.2) is 42.7 Å². The molecule has 1 aliphatic rings. The van der Waals surface area contributed by atoms with E-state index >= 15 is 0 Å². The summed E-state index contributed by atoms with van der Waals surface area (Å²) in [6.45, 7) is 0. The molecule has 1 aliphatic carbocycles. The van der Waals surface area contributed by atoms with Gasteiger partial charge < -0.3 is 5.11 Å². The summed E-state index contributed by atoms with van der Waals surface area (Å²) >= 11 is 0. The van der Waals surface area contributed by atoms with Gasteiger partial charge in [0.15, 0.2) is 5.69 Å². The van der Waals surface area contributed by atoms with Crippen molar-refractivity contribution < 1.29 is 9.90 Å². The zero-order chi connectivity index (χ0) is 15.8. The summed E-state index contributed by atoms with van der Waals surface area (Å²) in [5.41, 5.74) is 4.63. The van der Waals surface area contributed by atoms with E-state index in [1.165, 1.54) is 11.1 Å². The van der Waals surface area contributed by atoms with E-state index in [4.69, 9.17) is 0 Å². The average Bonchev–Trinajstić information content (AvgIpc) is 3.21. The van der Waals surface area contributed by atoms with Gasteiger partial charge in [-0.3, -0.25) is 4.98 Å². The van der Waals surface area contributed by atoms with Crippen LogP contribution >= 0.6 is 0 Å². The fourth-order valence-electron chi connectivity index (χ4n) is 3.07. The minimum absolute atomic E-state index is 0.0586. The lowest BCUT2D eigenvalue weighted by Crippen LogP contribution is -2.03. The van der Waals surface area contributed by atoms with E-state index in [1.54, 1.807) is 29.2 Å². The first-order valence-electron chi connectivity index (χ1n) is 7.45. The Morgan fingerprint density at radius 1 is 1.09 bits per heavy atom. The highest BCUT2D eigenvalue weighted by atomic mass is 16.4. The standard InChI is InChI=1S/C17H14N4O2/c22-17(23)15-16(12-6-8-18-9-7-12)21(20-19-15)14-5-4-11-2-1-3-13(11)10-14/h4-10H,1-3H2,(H,22,23). The van der Waals surface area contributed by atoms with Crippen molar-refractivity contribution in [1.29, 1.82) is 0 Å². The van der Waals surface area contributed by atoms with Gasteiger partial charge in [-0.15, -0.1) is 5.10 Å². The number of nitrogens with zero attached hydrogens (tertiary/aromatic N) is 4. The second-order valence-corrected chi connectivity index (χ2v) is 5.55. The second kappa shape index (κ2) is 5.31. The number of benzene rings is 1. The minimum Gasteiger partial charge on any atom is -0.476 e. The normalized spacial score (nSPS) is 13.0. The Kier molecular flexibility index (Phi) is 3.15. The summed E-state index contributed by atoms with van der Waals surface area (Å²) in [6, 6.07) is 9.66. The molecule has 6 nitrogen and oxygen atoms in total. The number of rotatable bonds is 3. The van der Waals surface area contributed by atoms with Gasteiger partial charge in [0.2, 0.25) is 0 Å². The van der Waals surface area contributed by atoms with Gasteiger partial charge >= 0.3 is 5.97 Å². The van der Waals surface area contributed by atoms with Gasteiger partial charge in [-0.05, 0) is 54.7 Å². The molecule has 0 bridgehead atoms. The van der Waals surface area contributed by atoms with Crippen LogP contribution in [0, 0.1) is 0 Å². The van der Waals surface area contributed by atoms with Gasteiger partial charge in [0.1, 0.15) is 5.69 Å². The highest BCUT2D eigenvalue weighted by Crippen LogP contribution is 2.28. The maximum absolute atomic E-state index is 11.5. The zero-order valence-corrected chi connectivity index (χ0v) is 12.3. The maximum Gasteiger partial charge on any atom is 0.358 e. The molecular formula is C17H14N4O2. The molecule has 0 aliphatic heterocycles. The fraction of sp³-hybridized carbons (Fsp3) is 0.176. The highest BCUT2D eigenvalue weighted by Gasteiger charge is 2.22. The number of carboxylic acid groups (broad SMARTS) is 1. The van der Waals surface area contributed by atoms with E-state index in [-0.39, 0.29) is 5.69 Å². The molecule has 0 saturated heterocycles. The van der Waals surface area contributed by atoms with Gasteiger partial charge in [-0.2, -0.15) is 0 Å². The smallest absolute Gasteiger partial charge is 0.358 e. The lowest BCUT2D eigenvalue weighted by Gasteiger charge is -2.09. The molecule has 114 valence electrons. The monoisotopic (exact) mass is 306 g/mol. The molecule has 2 heterocycles. The van der Waals surface area contributed by atoms with Crippen molar-refractivity contribution >= 4 is 5.97 Å². The first-order chi connectivity index (χ1) is 11.2. The molecule has 23 heavy (non-hydrogen) atoms. The lowest BCUT2D eigenvalue weighted by atomic mass is 10.1. The molecule has 0 fully saturated rings. The number of pyridine rings is 1. The average molecular weight is 306 g/mol. The van der Waals surface area contributed by atoms with Crippen molar-refractivity contribution in [1.82, 2.24) is 20.0 Å². The SMILES string of the molecule is O=C(O)c1nnn(-c2ccc3c(c2)CCC3)c1-c1ccncc1. The Hall–Kier alpha value is -3.02. The van der Waals surface area contributed by atoms with Crippen LogP contribution in [0.1, 0.15) is 28.0 Å². The summed E-state index contributed by atoms with van der Waals surface area (Å²) in [6.07, 6.45) is 6.56. The number of aryl methyl sites for hydroxylation is 2. The zero-order valence-electron chi connectivity index (χ0n) is 12.3. The molecule has 0 saturated carbocycles. The van der Waals surface area contributed by atoms with Crippen LogP contribution in [-0.4, -0.2) is 31.1 Å². The lowest BCUT2D eigenvalue weighted by molar-refractivity contribution is 0.0691. The first-order valence-corrected chi connectivity index (χ1v) is 7.45. The number of hydrogen-bond donors (Lipinski definition) is 1. The topological polar surface area (TPSA) is 80.9 Å². The van der Waals surface area contributed by atoms with E-state index in [2.05, 4.69) is 27.4 Å². The molecular weight excluding hydrogens is 292 g/mol. The van der Waals surface area contributed by atoms with Crippen LogP contribution in [-0.2, 0) is 12.8 Å². The Morgan fingerprint density at radius 2 is 1.87 bits per heavy atom. The summed E-state index contributed by atoms with van der Waals surface area (Å²) in [5.74, 6) is -1.09. The van der Waals surface area contributed by atoms with Crippen molar-refractivity contribution in [2.45, 2.75) is 19.3 Å². The molecule has 1 aromatic carbocycles. The third-order valence-corrected chi connectivity index (χ3v) is 4.15. The van der Waals surface area contributed by atoms with Crippen molar-refractivity contribution in [3.8, 4) is 16.9 Å². The van der Waals surface area contributed by atoms with Crippen LogP contribution in [0.4, 0.5) is 0 Å². The van der Waals surface area contributed by atoms with Crippen LogP contribution in [0.5, 0.6) is 0 Å². The fourth-order valence-corrected chi connectivity index (χ4v) is 3.07. The Balaban J connectivity index is 1.91. The predicted molar refractivity (Wildman–Crippen MR) is 83.6 cm³/mol. The highest BCUT2D eigenvalue weighted by molar-refractivity contribution is 5.93. The van der Waals surface area contributed by atoms with E-state index < -0.39 is 5.97 Å². The van der Waals surface area contributed by atoms with Gasteiger partial charge in [0, 0.05) is 18.0 Å². The largest absolute Gasteiger partial charge is 0.476 e. The van der Waals surface area contributed by atoms with Crippen molar-refractivity contribution in [2.24, 2.45) is 0 Å². The van der Waals surface area contributed by atoms with Crippen LogP contribution in [0.2, 0.25) is 0 Å². The van der Waals surface area contributed by atoms with Crippen molar-refractivity contribution in [2.75, 3.05) is 0 Å². The molecule has 0 spiro atoms. The van der Waals surface area contributed by atoms with E-state index in [0.717, 1.165) is 30.5 Å². The molecule has 0 amide bonds. The van der Waals surface area contributed by atoms with Crippen molar-refractivity contribution in [3.05, 3.63) is 59.5 Å². The summed E-state index contributed by atoms with van der Waals surface area (Å²) < 4.78 is 1.59. The third-order valence-electron chi connectivity index (χ3n) is 4.15. The third kappa shape index (κ3) is 2.28. The molecule has 2 aromatic heterocycles. The molecule has 6 heteroatoms. The Labute approximate surface area is 132 Å².